The van der Waals surface area contributed by atoms with E-state index in [1.807, 2.05) is 0 Å². The third-order valence-electron chi connectivity index (χ3n) is 6.98. The van der Waals surface area contributed by atoms with Crippen molar-refractivity contribution in [1.82, 2.24) is 4.98 Å². The zero-order valence-corrected chi connectivity index (χ0v) is 17.5. The van der Waals surface area contributed by atoms with Gasteiger partial charge >= 0.3 is 0 Å². The fraction of sp³-hybridized carbons (Fsp3) is 0.800. The maximum absolute atomic E-state index is 4.01. The molecule has 5 unspecified atom stereocenters. The minimum Gasteiger partial charge on any atom is -0.335 e. The Morgan fingerprint density at radius 2 is 1.27 bits per heavy atom. The second-order valence-corrected chi connectivity index (χ2v) is 13.3. The Morgan fingerprint density at radius 1 is 0.818 bits per heavy atom. The summed E-state index contributed by atoms with van der Waals surface area (Å²) in [5, 5.41) is 0. The van der Waals surface area contributed by atoms with Crippen molar-refractivity contribution in [3.8, 4) is 0 Å². The van der Waals surface area contributed by atoms with Gasteiger partial charge in [-0.05, 0) is 74.1 Å². The van der Waals surface area contributed by atoms with Crippen molar-refractivity contribution in [2.45, 2.75) is 80.1 Å². The molecule has 0 radical (unpaired) electrons. The van der Waals surface area contributed by atoms with Crippen LogP contribution in [0.5, 0.6) is 0 Å². The summed E-state index contributed by atoms with van der Waals surface area (Å²) in [5.41, 5.74) is 7.33. The summed E-state index contributed by atoms with van der Waals surface area (Å²) in [4.78, 5) is 4.01. The molecule has 0 aliphatic heterocycles. The van der Waals surface area contributed by atoms with E-state index < -0.39 is 8.24 Å². The van der Waals surface area contributed by atoms with Gasteiger partial charge in [-0.15, -0.1) is 0 Å². The highest BCUT2D eigenvalue weighted by Crippen LogP contribution is 2.60. The molecule has 1 N–H and O–H groups in total. The molecular formula is C20H37NSi. The number of nitrogens with one attached hydrogen (secondary N) is 1. The van der Waals surface area contributed by atoms with Gasteiger partial charge in [0.25, 0.3) is 0 Å². The van der Waals surface area contributed by atoms with E-state index in [0.717, 1.165) is 29.2 Å². The molecule has 0 heterocycles. The van der Waals surface area contributed by atoms with Gasteiger partial charge < -0.3 is 4.98 Å². The molecule has 1 nitrogen and oxygen atoms in total. The minimum absolute atomic E-state index is 0.593. The van der Waals surface area contributed by atoms with Crippen molar-refractivity contribution >= 4 is 8.24 Å². The van der Waals surface area contributed by atoms with Gasteiger partial charge in [-0.25, -0.2) is 0 Å². The molecule has 126 valence electrons. The summed E-state index contributed by atoms with van der Waals surface area (Å²) in [6.07, 6.45) is 0. The molecule has 0 aromatic carbocycles. The second kappa shape index (κ2) is 5.94. The predicted molar refractivity (Wildman–Crippen MR) is 102 cm³/mol. The summed E-state index contributed by atoms with van der Waals surface area (Å²) in [7, 11) is -1.48. The van der Waals surface area contributed by atoms with Crippen LogP contribution in [0.2, 0.25) is 18.6 Å². The SMILES string of the molecule is CC1=C(C)C2C(C)C(C)C([Si](C)(C)NC(C)C)C2C(C)=C1C. The van der Waals surface area contributed by atoms with E-state index in [4.69, 9.17) is 0 Å². The van der Waals surface area contributed by atoms with Crippen LogP contribution < -0.4 is 4.98 Å². The lowest BCUT2D eigenvalue weighted by molar-refractivity contribution is 0.371. The Kier molecular flexibility index (Phi) is 4.86. The van der Waals surface area contributed by atoms with Crippen molar-refractivity contribution in [3.63, 3.8) is 0 Å². The number of allylic oxidation sites excluding steroid dienone is 4. The molecule has 2 heteroatoms. The van der Waals surface area contributed by atoms with Crippen LogP contribution in [0.25, 0.3) is 0 Å². The molecule has 0 aromatic rings. The predicted octanol–water partition coefficient (Wildman–Crippen LogP) is 5.76. The number of fused-ring (bicyclic) bond motifs is 1. The Labute approximate surface area is 139 Å². The van der Waals surface area contributed by atoms with E-state index in [2.05, 4.69) is 73.5 Å². The zero-order chi connectivity index (χ0) is 17.0. The lowest BCUT2D eigenvalue weighted by Gasteiger charge is -2.42. The fourth-order valence-electron chi connectivity index (χ4n) is 5.77. The normalized spacial score (nSPS) is 36.4. The highest BCUT2D eigenvalue weighted by molar-refractivity contribution is 6.76. The van der Waals surface area contributed by atoms with Crippen molar-refractivity contribution in [2.24, 2.45) is 23.7 Å². The van der Waals surface area contributed by atoms with Crippen molar-refractivity contribution in [3.05, 3.63) is 22.3 Å². The third kappa shape index (κ3) is 2.67. The molecule has 0 bridgehead atoms. The van der Waals surface area contributed by atoms with Crippen LogP contribution in [0, 0.1) is 23.7 Å². The summed E-state index contributed by atoms with van der Waals surface area (Å²) in [5.74, 6) is 3.14. The van der Waals surface area contributed by atoms with Gasteiger partial charge in [0.2, 0.25) is 0 Å². The monoisotopic (exact) mass is 319 g/mol. The van der Waals surface area contributed by atoms with E-state index in [0.29, 0.717) is 6.04 Å². The smallest absolute Gasteiger partial charge is 0.123 e. The Balaban J connectivity index is 2.51. The van der Waals surface area contributed by atoms with Crippen LogP contribution in [0.3, 0.4) is 0 Å². The van der Waals surface area contributed by atoms with Crippen molar-refractivity contribution in [2.75, 3.05) is 0 Å². The molecule has 0 saturated heterocycles. The summed E-state index contributed by atoms with van der Waals surface area (Å²) in [6.45, 7) is 24.3. The molecule has 0 amide bonds. The molecule has 2 aliphatic carbocycles. The lowest BCUT2D eigenvalue weighted by Crippen LogP contribution is -2.54. The van der Waals surface area contributed by atoms with Crippen LogP contribution in [0.15, 0.2) is 22.3 Å². The van der Waals surface area contributed by atoms with Gasteiger partial charge in [0.15, 0.2) is 0 Å². The fourth-order valence-corrected chi connectivity index (χ4v) is 10.4. The first-order valence-electron chi connectivity index (χ1n) is 9.13. The molecule has 5 atom stereocenters. The minimum atomic E-state index is -1.48. The maximum Gasteiger partial charge on any atom is 0.123 e. The van der Waals surface area contributed by atoms with E-state index in [9.17, 15) is 0 Å². The Bertz CT molecular complexity index is 512. The highest BCUT2D eigenvalue weighted by Gasteiger charge is 2.55. The molecule has 0 spiro atoms. The van der Waals surface area contributed by atoms with Gasteiger partial charge in [-0.1, -0.05) is 51.9 Å². The Morgan fingerprint density at radius 3 is 1.73 bits per heavy atom. The van der Waals surface area contributed by atoms with E-state index in [-0.39, 0.29) is 0 Å². The average molecular weight is 320 g/mol. The third-order valence-corrected chi connectivity index (χ3v) is 10.8. The number of rotatable bonds is 3. The van der Waals surface area contributed by atoms with E-state index in [1.165, 1.54) is 0 Å². The topological polar surface area (TPSA) is 12.0 Å². The van der Waals surface area contributed by atoms with Crippen LogP contribution in [-0.2, 0) is 0 Å². The summed E-state index contributed by atoms with van der Waals surface area (Å²) < 4.78 is 0. The van der Waals surface area contributed by atoms with Crippen LogP contribution in [0.1, 0.15) is 55.4 Å². The maximum atomic E-state index is 4.01. The Hall–Kier alpha value is -0.343. The first kappa shape index (κ1) is 18.0. The van der Waals surface area contributed by atoms with Crippen molar-refractivity contribution < 1.29 is 0 Å². The number of hydrogen-bond donors (Lipinski definition) is 1. The highest BCUT2D eigenvalue weighted by atomic mass is 28.3. The molecule has 1 fully saturated rings. The van der Waals surface area contributed by atoms with Gasteiger partial charge in [0, 0.05) is 0 Å². The lowest BCUT2D eigenvalue weighted by atomic mass is 9.72. The molecular weight excluding hydrogens is 282 g/mol. The first-order chi connectivity index (χ1) is 10.0. The summed E-state index contributed by atoms with van der Waals surface area (Å²) >= 11 is 0. The number of hydrogen-bond acceptors (Lipinski definition) is 1. The molecule has 1 saturated carbocycles. The average Bonchev–Trinajstić information content (AvgIpc) is 2.66. The van der Waals surface area contributed by atoms with Crippen LogP contribution in [-0.4, -0.2) is 14.3 Å². The van der Waals surface area contributed by atoms with Gasteiger partial charge in [0.05, 0.1) is 0 Å². The van der Waals surface area contributed by atoms with Crippen LogP contribution in [0.4, 0.5) is 0 Å². The van der Waals surface area contributed by atoms with E-state index >= 15 is 0 Å². The summed E-state index contributed by atoms with van der Waals surface area (Å²) in [6, 6.07) is 0.593. The van der Waals surface area contributed by atoms with Crippen molar-refractivity contribution in [1.29, 1.82) is 0 Å². The second-order valence-electron chi connectivity index (χ2n) is 8.93. The van der Waals surface area contributed by atoms with Gasteiger partial charge in [-0.3, -0.25) is 0 Å². The van der Waals surface area contributed by atoms with Gasteiger partial charge in [-0.2, -0.15) is 0 Å². The van der Waals surface area contributed by atoms with Gasteiger partial charge in [0.1, 0.15) is 8.24 Å². The zero-order valence-electron chi connectivity index (χ0n) is 16.5. The standard InChI is InChI=1S/C20H37NSi/c1-11(2)21-22(9,10)20-17(8)16(7)18-14(5)12(3)13(4)15(6)19(18)20/h11,16-21H,1-10H3. The quantitative estimate of drug-likeness (QED) is 0.652. The van der Waals surface area contributed by atoms with Crippen LogP contribution >= 0.6 is 0 Å². The molecule has 0 aromatic heterocycles. The first-order valence-corrected chi connectivity index (χ1v) is 12.2. The largest absolute Gasteiger partial charge is 0.335 e. The molecule has 22 heavy (non-hydrogen) atoms. The molecule has 2 rings (SSSR count). The van der Waals surface area contributed by atoms with E-state index in [1.54, 1.807) is 22.3 Å². The molecule has 2 aliphatic rings.